The third kappa shape index (κ3) is 3.32. The third-order valence-corrected chi connectivity index (χ3v) is 3.00. The molecule has 5 heteroatoms. The van der Waals surface area contributed by atoms with E-state index in [1.807, 2.05) is 13.1 Å². The van der Waals surface area contributed by atoms with Crippen molar-refractivity contribution >= 4 is 5.97 Å². The Morgan fingerprint density at radius 2 is 2.28 bits per heavy atom. The first-order chi connectivity index (χ1) is 8.42. The van der Waals surface area contributed by atoms with E-state index in [-0.39, 0.29) is 12.0 Å². The van der Waals surface area contributed by atoms with Gasteiger partial charge in [-0.15, -0.1) is 0 Å². The van der Waals surface area contributed by atoms with Crippen LogP contribution in [0.15, 0.2) is 12.4 Å². The number of hydrogen-bond donors (Lipinski definition) is 1. The zero-order valence-electron chi connectivity index (χ0n) is 11.6. The summed E-state index contributed by atoms with van der Waals surface area (Å²) >= 11 is 0. The molecule has 0 aliphatic rings. The predicted molar refractivity (Wildman–Crippen MR) is 70.2 cm³/mol. The van der Waals surface area contributed by atoms with E-state index in [2.05, 4.69) is 16.5 Å². The number of imidazole rings is 1. The highest BCUT2D eigenvalue weighted by Crippen LogP contribution is 2.21. The number of esters is 1. The number of carbonyl (C=O) groups excluding carboxylic acids is 1. The van der Waals surface area contributed by atoms with Crippen LogP contribution in [-0.2, 0) is 16.0 Å². The quantitative estimate of drug-likeness (QED) is 0.783. The van der Waals surface area contributed by atoms with Crippen LogP contribution in [0.1, 0.15) is 46.0 Å². The largest absolute Gasteiger partial charge is 0.465 e. The average Bonchev–Trinajstić information content (AvgIpc) is 2.76. The molecular formula is C13H23N3O2. The van der Waals surface area contributed by atoms with Crippen LogP contribution >= 0.6 is 0 Å². The topological polar surface area (TPSA) is 70.1 Å². The third-order valence-electron chi connectivity index (χ3n) is 3.00. The maximum Gasteiger partial charge on any atom is 0.325 e. The fourth-order valence-electron chi connectivity index (χ4n) is 2.11. The van der Waals surface area contributed by atoms with Crippen molar-refractivity contribution in [2.45, 2.75) is 52.1 Å². The summed E-state index contributed by atoms with van der Waals surface area (Å²) in [6, 6.07) is 0.113. The van der Waals surface area contributed by atoms with Crippen molar-refractivity contribution in [1.82, 2.24) is 9.55 Å². The van der Waals surface area contributed by atoms with Crippen molar-refractivity contribution in [1.29, 1.82) is 0 Å². The minimum Gasteiger partial charge on any atom is -0.465 e. The molecule has 18 heavy (non-hydrogen) atoms. The lowest BCUT2D eigenvalue weighted by molar-refractivity contribution is -0.149. The second-order valence-corrected chi connectivity index (χ2v) is 4.80. The van der Waals surface area contributed by atoms with Gasteiger partial charge in [0.2, 0.25) is 0 Å². The van der Waals surface area contributed by atoms with Gasteiger partial charge in [0.05, 0.1) is 6.61 Å². The SMILES string of the molecule is CCOC(=O)C(C)(N)CC(C)n1ccnc1CC. The summed E-state index contributed by atoms with van der Waals surface area (Å²) in [5.41, 5.74) is 5.07. The van der Waals surface area contributed by atoms with E-state index in [1.165, 1.54) is 0 Å². The molecule has 102 valence electrons. The van der Waals surface area contributed by atoms with Gasteiger partial charge in [-0.05, 0) is 27.2 Å². The zero-order valence-corrected chi connectivity index (χ0v) is 11.6. The summed E-state index contributed by atoms with van der Waals surface area (Å²) in [5, 5.41) is 0. The predicted octanol–water partition coefficient (Wildman–Crippen LogP) is 1.68. The van der Waals surface area contributed by atoms with Crippen LogP contribution < -0.4 is 5.73 Å². The Morgan fingerprint density at radius 3 is 2.83 bits per heavy atom. The first-order valence-corrected chi connectivity index (χ1v) is 6.40. The highest BCUT2D eigenvalue weighted by Gasteiger charge is 2.32. The molecule has 0 saturated carbocycles. The van der Waals surface area contributed by atoms with Crippen LogP contribution in [-0.4, -0.2) is 27.7 Å². The van der Waals surface area contributed by atoms with E-state index >= 15 is 0 Å². The lowest BCUT2D eigenvalue weighted by Gasteiger charge is -2.27. The number of nitrogens with two attached hydrogens (primary N) is 1. The number of hydrogen-bond acceptors (Lipinski definition) is 4. The number of carbonyl (C=O) groups is 1. The minimum atomic E-state index is -0.968. The molecule has 0 spiro atoms. The molecule has 0 amide bonds. The molecule has 0 fully saturated rings. The van der Waals surface area contributed by atoms with E-state index in [0.717, 1.165) is 12.2 Å². The lowest BCUT2D eigenvalue weighted by Crippen LogP contribution is -2.47. The summed E-state index contributed by atoms with van der Waals surface area (Å²) in [5.74, 6) is 0.650. The Hall–Kier alpha value is -1.36. The smallest absolute Gasteiger partial charge is 0.325 e. The Balaban J connectivity index is 2.75. The summed E-state index contributed by atoms with van der Waals surface area (Å²) in [4.78, 5) is 16.0. The van der Waals surface area contributed by atoms with E-state index in [1.54, 1.807) is 20.0 Å². The molecule has 0 radical (unpaired) electrons. The summed E-state index contributed by atoms with van der Waals surface area (Å²) in [6.07, 6.45) is 5.07. The monoisotopic (exact) mass is 253 g/mol. The molecule has 2 atom stereocenters. The lowest BCUT2D eigenvalue weighted by atomic mass is 9.95. The number of aromatic nitrogens is 2. The Labute approximate surface area is 108 Å². The molecule has 1 aromatic heterocycles. The Bertz CT molecular complexity index is 399. The molecule has 0 bridgehead atoms. The van der Waals surface area contributed by atoms with Gasteiger partial charge in [-0.1, -0.05) is 6.92 Å². The second-order valence-electron chi connectivity index (χ2n) is 4.80. The Kier molecular flexibility index (Phi) is 4.90. The van der Waals surface area contributed by atoms with E-state index in [0.29, 0.717) is 13.0 Å². The normalized spacial score (nSPS) is 16.1. The van der Waals surface area contributed by atoms with Crippen molar-refractivity contribution in [2.24, 2.45) is 5.73 Å². The highest BCUT2D eigenvalue weighted by molar-refractivity contribution is 5.80. The summed E-state index contributed by atoms with van der Waals surface area (Å²) in [7, 11) is 0. The maximum absolute atomic E-state index is 11.8. The molecule has 2 unspecified atom stereocenters. The molecular weight excluding hydrogens is 230 g/mol. The van der Waals surface area contributed by atoms with Crippen molar-refractivity contribution in [2.75, 3.05) is 6.61 Å². The van der Waals surface area contributed by atoms with Crippen LogP contribution in [0.3, 0.4) is 0 Å². The fraction of sp³-hybridized carbons (Fsp3) is 0.692. The highest BCUT2D eigenvalue weighted by atomic mass is 16.5. The molecule has 1 heterocycles. The van der Waals surface area contributed by atoms with Crippen LogP contribution in [0.25, 0.3) is 0 Å². The second kappa shape index (κ2) is 6.00. The zero-order chi connectivity index (χ0) is 13.8. The van der Waals surface area contributed by atoms with Crippen molar-refractivity contribution < 1.29 is 9.53 Å². The molecule has 1 aromatic rings. The minimum absolute atomic E-state index is 0.113. The number of nitrogens with zero attached hydrogens (tertiary/aromatic N) is 2. The van der Waals surface area contributed by atoms with Crippen molar-refractivity contribution in [3.8, 4) is 0 Å². The number of aryl methyl sites for hydroxylation is 1. The van der Waals surface area contributed by atoms with Crippen LogP contribution in [0.5, 0.6) is 0 Å². The Morgan fingerprint density at radius 1 is 1.61 bits per heavy atom. The summed E-state index contributed by atoms with van der Waals surface area (Å²) in [6.45, 7) is 7.93. The first kappa shape index (κ1) is 14.7. The van der Waals surface area contributed by atoms with Gasteiger partial charge in [0, 0.05) is 24.9 Å². The van der Waals surface area contributed by atoms with Crippen LogP contribution in [0.4, 0.5) is 0 Å². The molecule has 0 aliphatic heterocycles. The van der Waals surface area contributed by atoms with Crippen molar-refractivity contribution in [3.05, 3.63) is 18.2 Å². The van der Waals surface area contributed by atoms with Gasteiger partial charge in [0.1, 0.15) is 11.4 Å². The van der Waals surface area contributed by atoms with E-state index in [4.69, 9.17) is 10.5 Å². The summed E-state index contributed by atoms with van der Waals surface area (Å²) < 4.78 is 7.05. The van der Waals surface area contributed by atoms with Gasteiger partial charge in [-0.3, -0.25) is 4.79 Å². The van der Waals surface area contributed by atoms with Gasteiger partial charge in [0.15, 0.2) is 0 Å². The average molecular weight is 253 g/mol. The van der Waals surface area contributed by atoms with Gasteiger partial charge in [0.25, 0.3) is 0 Å². The number of ether oxygens (including phenoxy) is 1. The number of rotatable bonds is 6. The van der Waals surface area contributed by atoms with E-state index < -0.39 is 5.54 Å². The molecule has 5 nitrogen and oxygen atoms in total. The maximum atomic E-state index is 11.8. The van der Waals surface area contributed by atoms with Gasteiger partial charge >= 0.3 is 5.97 Å². The van der Waals surface area contributed by atoms with Gasteiger partial charge in [-0.2, -0.15) is 0 Å². The fourth-order valence-corrected chi connectivity index (χ4v) is 2.11. The van der Waals surface area contributed by atoms with Crippen molar-refractivity contribution in [3.63, 3.8) is 0 Å². The molecule has 0 saturated heterocycles. The molecule has 2 N–H and O–H groups in total. The van der Waals surface area contributed by atoms with Gasteiger partial charge in [-0.25, -0.2) is 4.98 Å². The first-order valence-electron chi connectivity index (χ1n) is 6.40. The van der Waals surface area contributed by atoms with Crippen LogP contribution in [0.2, 0.25) is 0 Å². The van der Waals surface area contributed by atoms with E-state index in [9.17, 15) is 4.79 Å². The molecule has 0 aliphatic carbocycles. The van der Waals surface area contributed by atoms with Crippen LogP contribution in [0, 0.1) is 0 Å². The molecule has 0 aromatic carbocycles. The molecule has 1 rings (SSSR count). The standard InChI is InChI=1S/C13H23N3O2/c1-5-11-15-7-8-16(11)10(3)9-13(4,14)12(17)18-6-2/h7-8,10H,5-6,9,14H2,1-4H3. The van der Waals surface area contributed by atoms with Gasteiger partial charge < -0.3 is 15.0 Å².